The SMILES string of the molecule is COCOc1ccc(/C=C/C(=O)Nc2ccc(Br)cc2)cc1. The first-order valence-electron chi connectivity index (χ1n) is 6.64. The van der Waals surface area contributed by atoms with Gasteiger partial charge in [0.1, 0.15) is 5.75 Å². The van der Waals surface area contributed by atoms with Gasteiger partial charge in [0, 0.05) is 23.3 Å². The monoisotopic (exact) mass is 361 g/mol. The van der Waals surface area contributed by atoms with E-state index in [4.69, 9.17) is 9.47 Å². The highest BCUT2D eigenvalue weighted by atomic mass is 79.9. The highest BCUT2D eigenvalue weighted by Crippen LogP contribution is 2.15. The number of methoxy groups -OCH3 is 1. The summed E-state index contributed by atoms with van der Waals surface area (Å²) in [6.07, 6.45) is 3.24. The molecule has 0 aromatic heterocycles. The van der Waals surface area contributed by atoms with Crippen LogP contribution in [0.5, 0.6) is 5.75 Å². The Bertz CT molecular complexity index is 636. The molecule has 0 spiro atoms. The van der Waals surface area contributed by atoms with Crippen molar-refractivity contribution >= 4 is 33.6 Å². The summed E-state index contributed by atoms with van der Waals surface area (Å²) in [4.78, 5) is 11.8. The average Bonchev–Trinajstić information content (AvgIpc) is 2.54. The van der Waals surface area contributed by atoms with Crippen LogP contribution in [0.25, 0.3) is 6.08 Å². The fourth-order valence-corrected chi connectivity index (χ4v) is 1.96. The van der Waals surface area contributed by atoms with Gasteiger partial charge in [0.25, 0.3) is 0 Å². The Morgan fingerprint density at radius 2 is 1.82 bits per heavy atom. The number of halogens is 1. The van der Waals surface area contributed by atoms with Crippen LogP contribution in [0.2, 0.25) is 0 Å². The summed E-state index contributed by atoms with van der Waals surface area (Å²) in [5.74, 6) is 0.542. The van der Waals surface area contributed by atoms with Gasteiger partial charge in [-0.15, -0.1) is 0 Å². The van der Waals surface area contributed by atoms with Gasteiger partial charge in [0.15, 0.2) is 6.79 Å². The molecule has 0 fully saturated rings. The quantitative estimate of drug-likeness (QED) is 0.622. The summed E-state index contributed by atoms with van der Waals surface area (Å²) in [5.41, 5.74) is 1.66. The van der Waals surface area contributed by atoms with E-state index in [0.29, 0.717) is 0 Å². The van der Waals surface area contributed by atoms with Gasteiger partial charge in [-0.3, -0.25) is 4.79 Å². The molecule has 0 atom stereocenters. The molecule has 1 N–H and O–H groups in total. The van der Waals surface area contributed by atoms with E-state index in [-0.39, 0.29) is 12.7 Å². The van der Waals surface area contributed by atoms with E-state index >= 15 is 0 Å². The smallest absolute Gasteiger partial charge is 0.248 e. The fraction of sp³-hybridized carbons (Fsp3) is 0.118. The minimum atomic E-state index is -0.179. The molecule has 22 heavy (non-hydrogen) atoms. The Kier molecular flexibility index (Phi) is 6.18. The van der Waals surface area contributed by atoms with Crippen molar-refractivity contribution in [3.05, 3.63) is 64.6 Å². The molecule has 0 aliphatic heterocycles. The van der Waals surface area contributed by atoms with Crippen molar-refractivity contribution in [1.29, 1.82) is 0 Å². The normalized spacial score (nSPS) is 10.6. The molecule has 0 aliphatic carbocycles. The lowest BCUT2D eigenvalue weighted by atomic mass is 10.2. The van der Waals surface area contributed by atoms with Crippen molar-refractivity contribution in [1.82, 2.24) is 0 Å². The predicted molar refractivity (Wildman–Crippen MR) is 90.8 cm³/mol. The second-order valence-electron chi connectivity index (χ2n) is 4.45. The molecule has 1 amide bonds. The molecule has 114 valence electrons. The largest absolute Gasteiger partial charge is 0.468 e. The maximum atomic E-state index is 11.8. The lowest BCUT2D eigenvalue weighted by Gasteiger charge is -2.04. The second-order valence-corrected chi connectivity index (χ2v) is 5.37. The third-order valence-corrected chi connectivity index (χ3v) is 3.29. The molecule has 0 aliphatic rings. The Balaban J connectivity index is 1.90. The maximum Gasteiger partial charge on any atom is 0.248 e. The highest BCUT2D eigenvalue weighted by Gasteiger charge is 1.98. The number of benzene rings is 2. The lowest BCUT2D eigenvalue weighted by Crippen LogP contribution is -2.07. The van der Waals surface area contributed by atoms with E-state index in [1.165, 1.54) is 6.08 Å². The van der Waals surface area contributed by atoms with Gasteiger partial charge in [-0.05, 0) is 48.0 Å². The zero-order valence-corrected chi connectivity index (χ0v) is 13.7. The number of hydrogen-bond donors (Lipinski definition) is 1. The van der Waals surface area contributed by atoms with Crippen LogP contribution in [0.1, 0.15) is 5.56 Å². The Morgan fingerprint density at radius 3 is 2.45 bits per heavy atom. The van der Waals surface area contributed by atoms with E-state index in [1.54, 1.807) is 13.2 Å². The van der Waals surface area contributed by atoms with Crippen molar-refractivity contribution in [2.45, 2.75) is 0 Å². The van der Waals surface area contributed by atoms with Crippen molar-refractivity contribution in [2.75, 3.05) is 19.2 Å². The summed E-state index contributed by atoms with van der Waals surface area (Å²) in [7, 11) is 1.57. The lowest BCUT2D eigenvalue weighted by molar-refractivity contribution is -0.111. The van der Waals surface area contributed by atoms with Crippen LogP contribution in [-0.2, 0) is 9.53 Å². The molecular formula is C17H16BrNO3. The zero-order valence-electron chi connectivity index (χ0n) is 12.1. The van der Waals surface area contributed by atoms with Crippen LogP contribution in [0.4, 0.5) is 5.69 Å². The Hall–Kier alpha value is -2.11. The number of carbonyl (C=O) groups excluding carboxylic acids is 1. The average molecular weight is 362 g/mol. The van der Waals surface area contributed by atoms with Crippen LogP contribution in [0.3, 0.4) is 0 Å². The van der Waals surface area contributed by atoms with Gasteiger partial charge in [-0.25, -0.2) is 0 Å². The molecule has 5 heteroatoms. The minimum absolute atomic E-state index is 0.179. The molecule has 2 aromatic rings. The molecule has 0 saturated heterocycles. The van der Waals surface area contributed by atoms with E-state index in [1.807, 2.05) is 48.5 Å². The van der Waals surface area contributed by atoms with Crippen LogP contribution in [0.15, 0.2) is 59.1 Å². The maximum absolute atomic E-state index is 11.8. The third kappa shape index (κ3) is 5.35. The van der Waals surface area contributed by atoms with Crippen molar-refractivity contribution in [2.24, 2.45) is 0 Å². The van der Waals surface area contributed by atoms with Gasteiger partial charge in [-0.1, -0.05) is 28.1 Å². The number of ether oxygens (including phenoxy) is 2. The Labute approximate surface area is 137 Å². The molecule has 2 aromatic carbocycles. The molecule has 0 heterocycles. The Morgan fingerprint density at radius 1 is 1.14 bits per heavy atom. The first kappa shape index (κ1) is 16.3. The van der Waals surface area contributed by atoms with Crippen molar-refractivity contribution < 1.29 is 14.3 Å². The van der Waals surface area contributed by atoms with Crippen molar-refractivity contribution in [3.63, 3.8) is 0 Å². The second kappa shape index (κ2) is 8.36. The number of hydrogen-bond acceptors (Lipinski definition) is 3. The summed E-state index contributed by atoms with van der Waals surface area (Å²) < 4.78 is 11.1. The van der Waals surface area contributed by atoms with Crippen LogP contribution >= 0.6 is 15.9 Å². The molecule has 4 nitrogen and oxygen atoms in total. The molecule has 0 radical (unpaired) electrons. The number of nitrogens with one attached hydrogen (secondary N) is 1. The fourth-order valence-electron chi connectivity index (χ4n) is 1.69. The first-order valence-corrected chi connectivity index (χ1v) is 7.43. The van der Waals surface area contributed by atoms with Gasteiger partial charge in [0.05, 0.1) is 0 Å². The standard InChI is InChI=1S/C17H16BrNO3/c1-21-12-22-16-9-2-13(3-10-16)4-11-17(20)19-15-7-5-14(18)6-8-15/h2-11H,12H2,1H3,(H,19,20)/b11-4+. The number of anilines is 1. The van der Waals surface area contributed by atoms with Gasteiger partial charge >= 0.3 is 0 Å². The van der Waals surface area contributed by atoms with E-state index in [9.17, 15) is 4.79 Å². The molecule has 2 rings (SSSR count). The van der Waals surface area contributed by atoms with E-state index in [2.05, 4.69) is 21.2 Å². The summed E-state index contributed by atoms with van der Waals surface area (Å²) >= 11 is 3.35. The van der Waals surface area contributed by atoms with E-state index < -0.39 is 0 Å². The molecule has 0 saturated carbocycles. The van der Waals surface area contributed by atoms with Crippen LogP contribution in [-0.4, -0.2) is 19.8 Å². The van der Waals surface area contributed by atoms with Gasteiger partial charge < -0.3 is 14.8 Å². The predicted octanol–water partition coefficient (Wildman–Crippen LogP) is 4.08. The topological polar surface area (TPSA) is 47.6 Å². The van der Waals surface area contributed by atoms with Crippen molar-refractivity contribution in [3.8, 4) is 5.75 Å². The van der Waals surface area contributed by atoms with E-state index in [0.717, 1.165) is 21.5 Å². The number of carbonyl (C=O) groups is 1. The minimum Gasteiger partial charge on any atom is -0.468 e. The zero-order chi connectivity index (χ0) is 15.8. The third-order valence-electron chi connectivity index (χ3n) is 2.76. The number of rotatable bonds is 6. The number of amides is 1. The van der Waals surface area contributed by atoms with Crippen LogP contribution in [0, 0.1) is 0 Å². The summed E-state index contributed by atoms with van der Waals surface area (Å²) in [5, 5.41) is 2.79. The van der Waals surface area contributed by atoms with Gasteiger partial charge in [0.2, 0.25) is 5.91 Å². The molecule has 0 unspecified atom stereocenters. The first-order chi connectivity index (χ1) is 10.7. The van der Waals surface area contributed by atoms with Crippen LogP contribution < -0.4 is 10.1 Å². The summed E-state index contributed by atoms with van der Waals surface area (Å²) in [6.45, 7) is 0.213. The molecular weight excluding hydrogens is 346 g/mol. The summed E-state index contributed by atoms with van der Waals surface area (Å²) in [6, 6.07) is 14.8. The molecule has 0 bridgehead atoms. The highest BCUT2D eigenvalue weighted by molar-refractivity contribution is 9.10. The van der Waals surface area contributed by atoms with Gasteiger partial charge in [-0.2, -0.15) is 0 Å².